The maximum atomic E-state index is 12.2. The second-order valence-corrected chi connectivity index (χ2v) is 7.50. The number of benzene rings is 1. The number of ether oxygens (including phenoxy) is 1. The zero-order valence-electron chi connectivity index (χ0n) is 13.1. The van der Waals surface area contributed by atoms with Crippen LogP contribution in [0.25, 0.3) is 0 Å². The summed E-state index contributed by atoms with van der Waals surface area (Å²) < 4.78 is 34.6. The van der Waals surface area contributed by atoms with Crippen LogP contribution in [0.3, 0.4) is 0 Å². The Morgan fingerprint density at radius 3 is 2.57 bits per heavy atom. The van der Waals surface area contributed by atoms with Gasteiger partial charge in [-0.25, -0.2) is 0 Å². The molecule has 2 atom stereocenters. The Morgan fingerprint density at radius 2 is 2.00 bits per heavy atom. The first-order valence-corrected chi connectivity index (χ1v) is 9.07. The van der Waals surface area contributed by atoms with Crippen LogP contribution < -0.4 is 0 Å². The summed E-state index contributed by atoms with van der Waals surface area (Å²) in [6.07, 6.45) is 2.13. The van der Waals surface area contributed by atoms with Crippen molar-refractivity contribution in [3.8, 4) is 0 Å². The lowest BCUT2D eigenvalue weighted by Crippen LogP contribution is -2.17. The lowest BCUT2D eigenvalue weighted by atomic mass is 9.98. The van der Waals surface area contributed by atoms with Crippen LogP contribution in [0.5, 0.6) is 0 Å². The van der Waals surface area contributed by atoms with Crippen molar-refractivity contribution in [1.82, 2.24) is 0 Å². The molecule has 1 heterocycles. The molecule has 1 unspecified atom stereocenters. The third kappa shape index (κ3) is 6.29. The van der Waals surface area contributed by atoms with Crippen LogP contribution in [0.4, 0.5) is 0 Å². The van der Waals surface area contributed by atoms with Gasteiger partial charge in [-0.1, -0.05) is 17.7 Å². The van der Waals surface area contributed by atoms with Crippen molar-refractivity contribution < 1.29 is 27.2 Å². The van der Waals surface area contributed by atoms with Gasteiger partial charge in [0.25, 0.3) is 10.1 Å². The number of hydrogen-bond donors (Lipinski definition) is 1. The van der Waals surface area contributed by atoms with Crippen molar-refractivity contribution in [3.05, 3.63) is 29.8 Å². The van der Waals surface area contributed by atoms with Gasteiger partial charge in [-0.05, 0) is 44.2 Å². The smallest absolute Gasteiger partial charge is 0.303 e. The molecule has 0 saturated carbocycles. The van der Waals surface area contributed by atoms with Crippen molar-refractivity contribution >= 4 is 16.1 Å². The fourth-order valence-electron chi connectivity index (χ4n) is 2.25. The Bertz CT molecular complexity index is 618. The average Bonchev–Trinajstić information content (AvgIpc) is 3.31. The number of carbonyl (C=O) groups is 1. The molecule has 0 amide bonds. The number of epoxide rings is 1. The van der Waals surface area contributed by atoms with Crippen LogP contribution in [0, 0.1) is 12.8 Å². The molecule has 23 heavy (non-hydrogen) atoms. The zero-order chi connectivity index (χ0) is 16.9. The van der Waals surface area contributed by atoms with Gasteiger partial charge in [-0.2, -0.15) is 8.42 Å². The third-order valence-corrected chi connectivity index (χ3v) is 5.13. The van der Waals surface area contributed by atoms with Gasteiger partial charge in [0.2, 0.25) is 0 Å². The largest absolute Gasteiger partial charge is 0.481 e. The average molecular weight is 342 g/mol. The summed E-state index contributed by atoms with van der Waals surface area (Å²) in [5.41, 5.74) is 0.965. The van der Waals surface area contributed by atoms with Crippen LogP contribution in [0.15, 0.2) is 29.2 Å². The highest BCUT2D eigenvalue weighted by atomic mass is 32.2. The van der Waals surface area contributed by atoms with E-state index in [2.05, 4.69) is 0 Å². The molecule has 0 radical (unpaired) electrons. The van der Waals surface area contributed by atoms with E-state index in [0.29, 0.717) is 12.8 Å². The van der Waals surface area contributed by atoms with Crippen LogP contribution >= 0.6 is 0 Å². The molecule has 1 fully saturated rings. The monoisotopic (exact) mass is 342 g/mol. The van der Waals surface area contributed by atoms with Gasteiger partial charge in [0.15, 0.2) is 0 Å². The Balaban J connectivity index is 1.91. The molecule has 128 valence electrons. The predicted molar refractivity (Wildman–Crippen MR) is 83.7 cm³/mol. The van der Waals surface area contributed by atoms with E-state index in [-0.39, 0.29) is 29.9 Å². The Morgan fingerprint density at radius 1 is 1.35 bits per heavy atom. The van der Waals surface area contributed by atoms with Crippen LogP contribution in [-0.4, -0.2) is 38.8 Å². The number of aryl methyl sites for hydroxylation is 1. The van der Waals surface area contributed by atoms with Gasteiger partial charge >= 0.3 is 5.97 Å². The van der Waals surface area contributed by atoms with E-state index in [1.165, 1.54) is 12.1 Å². The van der Waals surface area contributed by atoms with Crippen molar-refractivity contribution in [3.63, 3.8) is 0 Å². The lowest BCUT2D eigenvalue weighted by Gasteiger charge is -2.15. The van der Waals surface area contributed by atoms with E-state index < -0.39 is 16.1 Å². The second kappa shape index (κ2) is 7.90. The second-order valence-electron chi connectivity index (χ2n) is 5.88. The van der Waals surface area contributed by atoms with Gasteiger partial charge < -0.3 is 9.84 Å². The van der Waals surface area contributed by atoms with Crippen molar-refractivity contribution in [1.29, 1.82) is 0 Å². The summed E-state index contributed by atoms with van der Waals surface area (Å²) in [5.74, 6) is -1.01. The summed E-state index contributed by atoms with van der Waals surface area (Å²) in [5, 5.41) is 8.80. The number of carboxylic acids is 1. The Kier molecular flexibility index (Phi) is 6.15. The van der Waals surface area contributed by atoms with E-state index in [4.69, 9.17) is 14.0 Å². The lowest BCUT2D eigenvalue weighted by molar-refractivity contribution is -0.137. The molecule has 1 aliphatic rings. The molecular formula is C16H22O6S. The SMILES string of the molecule is Cc1ccc(S(=O)(=O)OC[C@H](CCC(=O)O)CCC2CO2)cc1. The quantitative estimate of drug-likeness (QED) is 0.518. The topological polar surface area (TPSA) is 93.2 Å². The minimum absolute atomic E-state index is 0.00376. The zero-order valence-corrected chi connectivity index (χ0v) is 13.9. The molecule has 2 rings (SSSR count). The summed E-state index contributed by atoms with van der Waals surface area (Å²) in [7, 11) is -3.81. The van der Waals surface area contributed by atoms with Crippen LogP contribution in [0.2, 0.25) is 0 Å². The molecular weight excluding hydrogens is 320 g/mol. The summed E-state index contributed by atoms with van der Waals surface area (Å²) in [6.45, 7) is 2.60. The normalized spacial score (nSPS) is 18.6. The molecule has 0 spiro atoms. The van der Waals surface area contributed by atoms with Crippen molar-refractivity contribution in [2.75, 3.05) is 13.2 Å². The minimum Gasteiger partial charge on any atom is -0.481 e. The first kappa shape index (κ1) is 17.9. The molecule has 6 nitrogen and oxygen atoms in total. The molecule has 0 aromatic heterocycles. The molecule has 1 N–H and O–H groups in total. The highest BCUT2D eigenvalue weighted by Crippen LogP contribution is 2.23. The molecule has 1 aliphatic heterocycles. The Hall–Kier alpha value is -1.44. The summed E-state index contributed by atoms with van der Waals surface area (Å²) in [6, 6.07) is 6.44. The molecule has 1 aromatic carbocycles. The van der Waals surface area contributed by atoms with Crippen molar-refractivity contribution in [2.45, 2.75) is 43.6 Å². The molecule has 7 heteroatoms. The maximum Gasteiger partial charge on any atom is 0.303 e. The highest BCUT2D eigenvalue weighted by Gasteiger charge is 2.25. The van der Waals surface area contributed by atoms with E-state index in [1.54, 1.807) is 12.1 Å². The van der Waals surface area contributed by atoms with Crippen LogP contribution in [0.1, 0.15) is 31.2 Å². The Labute approximate surface area is 136 Å². The fourth-order valence-corrected chi connectivity index (χ4v) is 3.23. The number of carboxylic acid groups (broad SMARTS) is 1. The van der Waals surface area contributed by atoms with Gasteiger partial charge in [0.1, 0.15) is 0 Å². The standard InChI is InChI=1S/C16H22O6S/c1-12-2-7-15(8-3-12)23(19,20)22-10-13(5-9-16(17)18)4-6-14-11-21-14/h2-3,7-8,13-14H,4-6,9-11H2,1H3,(H,17,18)/t13-,14?/m0/s1. The summed E-state index contributed by atoms with van der Waals surface area (Å²) >= 11 is 0. The predicted octanol–water partition coefficient (Wildman–Crippen LogP) is 2.36. The van der Waals surface area contributed by atoms with Crippen LogP contribution in [-0.2, 0) is 23.8 Å². The summed E-state index contributed by atoms with van der Waals surface area (Å²) in [4.78, 5) is 10.8. The van der Waals surface area contributed by atoms with Gasteiger partial charge in [-0.15, -0.1) is 0 Å². The molecule has 0 bridgehead atoms. The van der Waals surface area contributed by atoms with Crippen molar-refractivity contribution in [2.24, 2.45) is 5.92 Å². The van der Waals surface area contributed by atoms with Gasteiger partial charge in [0.05, 0.1) is 24.2 Å². The molecule has 0 aliphatic carbocycles. The molecule has 1 saturated heterocycles. The number of aliphatic carboxylic acids is 1. The number of rotatable bonds is 10. The van der Waals surface area contributed by atoms with E-state index in [9.17, 15) is 13.2 Å². The number of hydrogen-bond acceptors (Lipinski definition) is 5. The van der Waals surface area contributed by atoms with Gasteiger partial charge in [-0.3, -0.25) is 8.98 Å². The third-order valence-electron chi connectivity index (χ3n) is 3.83. The van der Waals surface area contributed by atoms with Gasteiger partial charge in [0, 0.05) is 6.42 Å². The minimum atomic E-state index is -3.81. The fraction of sp³-hybridized carbons (Fsp3) is 0.562. The van der Waals surface area contributed by atoms with E-state index in [0.717, 1.165) is 18.6 Å². The van der Waals surface area contributed by atoms with E-state index >= 15 is 0 Å². The highest BCUT2D eigenvalue weighted by molar-refractivity contribution is 7.86. The first-order valence-electron chi connectivity index (χ1n) is 7.66. The first-order chi connectivity index (χ1) is 10.9. The maximum absolute atomic E-state index is 12.2. The van der Waals surface area contributed by atoms with E-state index in [1.807, 2.05) is 6.92 Å². The molecule has 1 aromatic rings.